The van der Waals surface area contributed by atoms with Gasteiger partial charge in [0.05, 0.1) is 13.2 Å². The normalized spacial score (nSPS) is 31.5. The molecule has 10 N–H and O–H groups in total. The Morgan fingerprint density at radius 1 is 0.413 bits per heavy atom. The lowest BCUT2D eigenvalue weighted by Crippen LogP contribution is -2.63. The molecule has 2 amide bonds. The Morgan fingerprint density at radius 3 is 0.935 bits per heavy atom. The van der Waals surface area contributed by atoms with E-state index in [1.165, 1.54) is 51.4 Å². The molecule has 0 aromatic heterocycles. The number of nitrogens with one attached hydrogen (secondary N) is 2. The van der Waals surface area contributed by atoms with E-state index < -0.39 is 74.5 Å². The average molecular weight is 665 g/mol. The Morgan fingerprint density at radius 2 is 0.674 bits per heavy atom. The second-order valence-corrected chi connectivity index (χ2v) is 12.8. The second kappa shape index (κ2) is 23.0. The molecule has 46 heavy (non-hydrogen) atoms. The lowest BCUT2D eigenvalue weighted by atomic mass is 9.98. The minimum Gasteiger partial charge on any atom is -0.394 e. The van der Waals surface area contributed by atoms with Crippen LogP contribution in [0.3, 0.4) is 0 Å². The number of amides is 2. The molecular weight excluding hydrogens is 604 g/mol. The van der Waals surface area contributed by atoms with Crippen molar-refractivity contribution < 1.29 is 59.9 Å². The van der Waals surface area contributed by atoms with E-state index in [0.29, 0.717) is 12.8 Å². The summed E-state index contributed by atoms with van der Waals surface area (Å²) in [5.41, 5.74) is 0. The predicted octanol–water partition coefficient (Wildman–Crippen LogP) is -0.160. The van der Waals surface area contributed by atoms with Gasteiger partial charge in [-0.2, -0.15) is 0 Å². The van der Waals surface area contributed by atoms with Crippen molar-refractivity contribution in [2.75, 3.05) is 13.2 Å². The van der Waals surface area contributed by atoms with Gasteiger partial charge in [-0.3, -0.25) is 9.59 Å². The molecule has 14 nitrogen and oxygen atoms in total. The lowest BCUT2D eigenvalue weighted by Gasteiger charge is -2.40. The Hall–Kier alpha value is -1.46. The molecule has 0 aromatic carbocycles. The van der Waals surface area contributed by atoms with Gasteiger partial charge in [0.15, 0.2) is 12.5 Å². The molecule has 2 aliphatic rings. The number of hydrogen-bond acceptors (Lipinski definition) is 12. The Bertz CT molecular complexity index is 769. The number of unbranched alkanes of at least 4 members (excludes halogenated alkanes) is 15. The Kier molecular flexibility index (Phi) is 20.3. The molecule has 0 aliphatic carbocycles. The fourth-order valence-corrected chi connectivity index (χ4v) is 5.95. The maximum atomic E-state index is 12.2. The zero-order valence-corrected chi connectivity index (χ0v) is 27.1. The number of carbonyl (C=O) groups is 2. The van der Waals surface area contributed by atoms with Crippen LogP contribution in [-0.4, -0.2) is 127 Å². The van der Waals surface area contributed by atoms with Crippen LogP contribution in [0.2, 0.25) is 0 Å². The van der Waals surface area contributed by atoms with E-state index in [9.17, 15) is 50.4 Å². The maximum Gasteiger partial charge on any atom is 0.222 e. The van der Waals surface area contributed by atoms with Crippen molar-refractivity contribution in [3.63, 3.8) is 0 Å². The SMILES string of the molecule is O=C(CCCCCCCCCCCCCCCCCCC(=O)NC1O[C@H](CO)[C@@H](O)[C@H](O)[C@H]1O)NC1O[C@H](CO)[C@@H](O)[C@H](O)[C@H]1O. The van der Waals surface area contributed by atoms with Crippen molar-refractivity contribution >= 4 is 11.8 Å². The van der Waals surface area contributed by atoms with E-state index in [-0.39, 0.29) is 24.7 Å². The molecule has 2 rings (SSSR count). The molecule has 14 heteroatoms. The van der Waals surface area contributed by atoms with E-state index in [1.54, 1.807) is 0 Å². The number of carbonyl (C=O) groups excluding carboxylic acids is 2. The van der Waals surface area contributed by atoms with E-state index >= 15 is 0 Å². The van der Waals surface area contributed by atoms with Gasteiger partial charge in [-0.05, 0) is 12.8 Å². The predicted molar refractivity (Wildman–Crippen MR) is 167 cm³/mol. The summed E-state index contributed by atoms with van der Waals surface area (Å²) in [4.78, 5) is 24.3. The molecule has 0 bridgehead atoms. The third-order valence-electron chi connectivity index (χ3n) is 8.95. The largest absolute Gasteiger partial charge is 0.394 e. The third kappa shape index (κ3) is 14.3. The van der Waals surface area contributed by atoms with Crippen molar-refractivity contribution in [3.8, 4) is 0 Å². The van der Waals surface area contributed by atoms with Gasteiger partial charge >= 0.3 is 0 Å². The zero-order valence-electron chi connectivity index (χ0n) is 27.1. The summed E-state index contributed by atoms with van der Waals surface area (Å²) in [6, 6.07) is 0. The van der Waals surface area contributed by atoms with Crippen LogP contribution in [0.15, 0.2) is 0 Å². The number of ether oxygens (including phenoxy) is 2. The molecule has 2 heterocycles. The summed E-state index contributed by atoms with van der Waals surface area (Å²) in [6.45, 7) is -1.07. The Balaban J connectivity index is 1.33. The summed E-state index contributed by atoms with van der Waals surface area (Å²) in [5.74, 6) is -0.608. The van der Waals surface area contributed by atoms with Gasteiger partial charge in [-0.25, -0.2) is 0 Å². The molecule has 2 aliphatic heterocycles. The topological polar surface area (TPSA) is 238 Å². The first-order valence-corrected chi connectivity index (χ1v) is 17.3. The summed E-state index contributed by atoms with van der Waals surface area (Å²) in [6.07, 6.45) is 4.65. The molecule has 2 unspecified atom stereocenters. The second-order valence-electron chi connectivity index (χ2n) is 12.8. The van der Waals surface area contributed by atoms with Gasteiger partial charge in [0.1, 0.15) is 48.8 Å². The summed E-state index contributed by atoms with van der Waals surface area (Å²) >= 11 is 0. The van der Waals surface area contributed by atoms with Gasteiger partial charge in [-0.15, -0.1) is 0 Å². The minimum atomic E-state index is -1.51. The highest BCUT2D eigenvalue weighted by atomic mass is 16.6. The van der Waals surface area contributed by atoms with Gasteiger partial charge in [-0.1, -0.05) is 89.9 Å². The molecular formula is C32H60N2O12. The molecule has 0 radical (unpaired) electrons. The lowest BCUT2D eigenvalue weighted by molar-refractivity contribution is -0.236. The van der Waals surface area contributed by atoms with Crippen LogP contribution in [0.4, 0.5) is 0 Å². The molecule has 2 saturated heterocycles. The van der Waals surface area contributed by atoms with Crippen LogP contribution in [0.1, 0.15) is 116 Å². The van der Waals surface area contributed by atoms with Crippen LogP contribution in [-0.2, 0) is 19.1 Å². The molecule has 270 valence electrons. The standard InChI is InChI=1S/C32H60N2O12/c35-19-21-25(39)27(41)29(43)31(45-21)33-23(37)17-15-13-11-9-7-5-3-1-2-4-6-8-10-12-14-16-18-24(38)34-32-30(44)28(42)26(40)22(20-36)46-32/h21-22,25-32,35-36,39-44H,1-20H2,(H,33,37)(H,34,38)/t21-,22-,25-,26-,27+,28+,29-,30-,31?,32?/m1/s1. The summed E-state index contributed by atoms with van der Waals surface area (Å²) in [5, 5.41) is 82.8. The van der Waals surface area contributed by atoms with Crippen LogP contribution in [0.25, 0.3) is 0 Å². The quantitative estimate of drug-likeness (QED) is 0.0642. The van der Waals surface area contributed by atoms with E-state index in [4.69, 9.17) is 9.47 Å². The fourth-order valence-electron chi connectivity index (χ4n) is 5.95. The molecule has 0 saturated carbocycles. The molecule has 10 atom stereocenters. The minimum absolute atomic E-state index is 0.278. The number of rotatable bonds is 23. The number of aliphatic hydroxyl groups is 8. The van der Waals surface area contributed by atoms with Gasteiger partial charge < -0.3 is 61.0 Å². The summed E-state index contributed by atoms with van der Waals surface area (Å²) < 4.78 is 10.6. The Labute approximate surface area is 272 Å². The first-order chi connectivity index (χ1) is 22.1. The highest BCUT2D eigenvalue weighted by Gasteiger charge is 2.45. The monoisotopic (exact) mass is 664 g/mol. The van der Waals surface area contributed by atoms with Crippen molar-refractivity contribution in [2.24, 2.45) is 0 Å². The average Bonchev–Trinajstić information content (AvgIpc) is 3.04. The van der Waals surface area contributed by atoms with Gasteiger partial charge in [0.2, 0.25) is 11.8 Å². The molecule has 2 fully saturated rings. The van der Waals surface area contributed by atoms with Crippen molar-refractivity contribution in [1.82, 2.24) is 10.6 Å². The number of aliphatic hydroxyl groups excluding tert-OH is 8. The maximum absolute atomic E-state index is 12.2. The first kappa shape index (κ1) is 40.7. The highest BCUT2D eigenvalue weighted by Crippen LogP contribution is 2.21. The number of hydrogen-bond donors (Lipinski definition) is 10. The van der Waals surface area contributed by atoms with Crippen molar-refractivity contribution in [1.29, 1.82) is 0 Å². The van der Waals surface area contributed by atoms with E-state index in [1.807, 2.05) is 0 Å². The zero-order chi connectivity index (χ0) is 33.9. The van der Waals surface area contributed by atoms with Crippen molar-refractivity contribution in [2.45, 2.75) is 177 Å². The van der Waals surface area contributed by atoms with Gasteiger partial charge in [0, 0.05) is 12.8 Å². The summed E-state index contributed by atoms with van der Waals surface area (Å²) in [7, 11) is 0. The third-order valence-corrected chi connectivity index (χ3v) is 8.95. The first-order valence-electron chi connectivity index (χ1n) is 17.3. The van der Waals surface area contributed by atoms with Crippen LogP contribution >= 0.6 is 0 Å². The fraction of sp³-hybridized carbons (Fsp3) is 0.938. The molecule has 0 aromatic rings. The molecule has 0 spiro atoms. The van der Waals surface area contributed by atoms with Gasteiger partial charge in [0.25, 0.3) is 0 Å². The van der Waals surface area contributed by atoms with E-state index in [0.717, 1.165) is 38.5 Å². The highest BCUT2D eigenvalue weighted by molar-refractivity contribution is 5.76. The van der Waals surface area contributed by atoms with E-state index in [2.05, 4.69) is 10.6 Å². The van der Waals surface area contributed by atoms with Crippen molar-refractivity contribution in [3.05, 3.63) is 0 Å². The van der Waals surface area contributed by atoms with Crippen LogP contribution < -0.4 is 10.6 Å². The van der Waals surface area contributed by atoms with Crippen LogP contribution in [0, 0.1) is 0 Å². The smallest absolute Gasteiger partial charge is 0.222 e. The van der Waals surface area contributed by atoms with Crippen LogP contribution in [0.5, 0.6) is 0 Å².